The first-order chi connectivity index (χ1) is 11.9. The van der Waals surface area contributed by atoms with Crippen LogP contribution >= 0.6 is 11.8 Å². The summed E-state index contributed by atoms with van der Waals surface area (Å²) in [7, 11) is 4.00. The Morgan fingerprint density at radius 1 is 1.08 bits per heavy atom. The van der Waals surface area contributed by atoms with Crippen molar-refractivity contribution in [3.63, 3.8) is 0 Å². The molecular weight excluding hydrogens is 334 g/mol. The van der Waals surface area contributed by atoms with Gasteiger partial charge in [-0.1, -0.05) is 0 Å². The van der Waals surface area contributed by atoms with Crippen LogP contribution in [0.3, 0.4) is 0 Å². The number of amides is 2. The minimum absolute atomic E-state index is 0.135. The molecule has 2 amide bonds. The average molecular weight is 355 g/mol. The molecular formula is C19H21N3O2S. The second-order valence-electron chi connectivity index (χ2n) is 6.36. The Hall–Kier alpha value is -2.47. The number of carbonyl (C=O) groups is 2. The van der Waals surface area contributed by atoms with Crippen molar-refractivity contribution in [3.05, 3.63) is 53.2 Å². The highest BCUT2D eigenvalue weighted by Crippen LogP contribution is 2.33. The van der Waals surface area contributed by atoms with Gasteiger partial charge in [0.25, 0.3) is 11.1 Å². The summed E-state index contributed by atoms with van der Waals surface area (Å²) in [5.41, 5.74) is 2.99. The molecule has 5 nitrogen and oxygen atoms in total. The number of carbonyl (C=O) groups excluding carboxylic acids is 2. The highest BCUT2D eigenvalue weighted by molar-refractivity contribution is 8.18. The second-order valence-corrected chi connectivity index (χ2v) is 7.35. The average Bonchev–Trinajstić information content (AvgIpc) is 3.12. The van der Waals surface area contributed by atoms with E-state index >= 15 is 0 Å². The number of benzene rings is 1. The summed E-state index contributed by atoms with van der Waals surface area (Å²) >= 11 is 0.997. The maximum atomic E-state index is 12.5. The molecule has 0 saturated carbocycles. The number of aromatic nitrogens is 1. The number of hydrogen-bond donors (Lipinski definition) is 0. The SMILES string of the molecule is CC(C)N1C(=O)S/C(=C\c2cccn2-c2ccc(N(C)C)cc2)C1=O. The van der Waals surface area contributed by atoms with Crippen LogP contribution in [-0.4, -0.2) is 40.8 Å². The Bertz CT molecular complexity index is 835. The van der Waals surface area contributed by atoms with Crippen LogP contribution in [0.15, 0.2) is 47.5 Å². The fourth-order valence-corrected chi connectivity index (χ4v) is 3.66. The molecule has 0 spiro atoms. The molecule has 2 aromatic rings. The number of imide groups is 1. The van der Waals surface area contributed by atoms with Gasteiger partial charge in [0.05, 0.1) is 4.91 Å². The van der Waals surface area contributed by atoms with Gasteiger partial charge in [0.1, 0.15) is 0 Å². The molecule has 0 N–H and O–H groups in total. The van der Waals surface area contributed by atoms with Gasteiger partial charge >= 0.3 is 0 Å². The molecule has 0 bridgehead atoms. The lowest BCUT2D eigenvalue weighted by Gasteiger charge is -2.16. The molecule has 25 heavy (non-hydrogen) atoms. The first-order valence-corrected chi connectivity index (χ1v) is 8.92. The van der Waals surface area contributed by atoms with Gasteiger partial charge in [-0.15, -0.1) is 0 Å². The summed E-state index contributed by atoms with van der Waals surface area (Å²) in [4.78, 5) is 28.3. The van der Waals surface area contributed by atoms with Gasteiger partial charge in [-0.05, 0) is 68.1 Å². The van der Waals surface area contributed by atoms with Crippen molar-refractivity contribution in [1.29, 1.82) is 0 Å². The molecule has 6 heteroatoms. The Labute approximate surface area is 151 Å². The Morgan fingerprint density at radius 2 is 1.76 bits per heavy atom. The Morgan fingerprint density at radius 3 is 2.32 bits per heavy atom. The smallest absolute Gasteiger partial charge is 0.293 e. The van der Waals surface area contributed by atoms with E-state index in [0.29, 0.717) is 4.91 Å². The molecule has 0 unspecified atom stereocenters. The first-order valence-electron chi connectivity index (χ1n) is 8.10. The summed E-state index contributed by atoms with van der Waals surface area (Å²) in [5.74, 6) is -0.222. The summed E-state index contributed by atoms with van der Waals surface area (Å²) in [6.07, 6.45) is 3.73. The van der Waals surface area contributed by atoms with Crippen LogP contribution in [-0.2, 0) is 4.79 Å². The van der Waals surface area contributed by atoms with Crippen molar-refractivity contribution in [2.24, 2.45) is 0 Å². The molecule has 1 aromatic carbocycles. The molecule has 0 atom stereocenters. The minimum Gasteiger partial charge on any atom is -0.378 e. The Kier molecular flexibility index (Phi) is 4.72. The topological polar surface area (TPSA) is 45.6 Å². The molecule has 1 aliphatic rings. The zero-order valence-corrected chi connectivity index (χ0v) is 15.6. The van der Waals surface area contributed by atoms with Gasteiger partial charge < -0.3 is 9.47 Å². The summed E-state index contributed by atoms with van der Waals surface area (Å²) in [6.45, 7) is 3.68. The third kappa shape index (κ3) is 3.35. The number of anilines is 1. The largest absolute Gasteiger partial charge is 0.378 e. The zero-order chi connectivity index (χ0) is 18.1. The molecule has 1 aromatic heterocycles. The van der Waals surface area contributed by atoms with Gasteiger partial charge in [0.2, 0.25) is 0 Å². The van der Waals surface area contributed by atoms with Crippen LogP contribution in [0.25, 0.3) is 11.8 Å². The van der Waals surface area contributed by atoms with Crippen LogP contribution in [0, 0.1) is 0 Å². The van der Waals surface area contributed by atoms with E-state index in [4.69, 9.17) is 0 Å². The van der Waals surface area contributed by atoms with E-state index in [2.05, 4.69) is 0 Å². The van der Waals surface area contributed by atoms with E-state index in [9.17, 15) is 9.59 Å². The quantitative estimate of drug-likeness (QED) is 0.778. The number of rotatable bonds is 4. The van der Waals surface area contributed by atoms with E-state index in [-0.39, 0.29) is 17.2 Å². The van der Waals surface area contributed by atoms with Crippen molar-refractivity contribution < 1.29 is 9.59 Å². The normalized spacial score (nSPS) is 16.4. The number of thioether (sulfide) groups is 1. The summed E-state index contributed by atoms with van der Waals surface area (Å²) < 4.78 is 2.00. The fourth-order valence-electron chi connectivity index (χ4n) is 2.72. The van der Waals surface area contributed by atoms with Crippen molar-refractivity contribution in [3.8, 4) is 5.69 Å². The lowest BCUT2D eigenvalue weighted by Crippen LogP contribution is -2.34. The van der Waals surface area contributed by atoms with Crippen molar-refractivity contribution in [2.75, 3.05) is 19.0 Å². The molecule has 2 heterocycles. The highest BCUT2D eigenvalue weighted by atomic mass is 32.2. The predicted octanol–water partition coefficient (Wildman–Crippen LogP) is 3.99. The molecule has 3 rings (SSSR count). The van der Waals surface area contributed by atoms with Crippen LogP contribution in [0.5, 0.6) is 0 Å². The van der Waals surface area contributed by atoms with Crippen molar-refractivity contribution in [2.45, 2.75) is 19.9 Å². The third-order valence-electron chi connectivity index (χ3n) is 4.04. The second kappa shape index (κ2) is 6.80. The van der Waals surface area contributed by atoms with E-state index in [0.717, 1.165) is 28.8 Å². The van der Waals surface area contributed by atoms with E-state index in [1.165, 1.54) is 4.90 Å². The first kappa shape index (κ1) is 17.4. The molecule has 0 radical (unpaired) electrons. The monoisotopic (exact) mass is 355 g/mol. The van der Waals surface area contributed by atoms with Crippen molar-refractivity contribution >= 4 is 34.7 Å². The van der Waals surface area contributed by atoms with Gasteiger partial charge in [-0.2, -0.15) is 0 Å². The standard InChI is InChI=1S/C19H21N3O2S/c1-13(2)22-18(23)17(25-19(22)24)12-16-6-5-11-21(16)15-9-7-14(8-10-15)20(3)4/h5-13H,1-4H3/b17-12-. The molecule has 1 saturated heterocycles. The van der Waals surface area contributed by atoms with Crippen LogP contribution < -0.4 is 4.90 Å². The van der Waals surface area contributed by atoms with E-state index in [1.807, 2.05) is 80.0 Å². The maximum Gasteiger partial charge on any atom is 0.293 e. The van der Waals surface area contributed by atoms with Crippen LogP contribution in [0.1, 0.15) is 19.5 Å². The van der Waals surface area contributed by atoms with Crippen molar-refractivity contribution in [1.82, 2.24) is 9.47 Å². The van der Waals surface area contributed by atoms with Gasteiger partial charge in [-0.25, -0.2) is 0 Å². The maximum absolute atomic E-state index is 12.5. The molecule has 1 aliphatic heterocycles. The Balaban J connectivity index is 1.92. The van der Waals surface area contributed by atoms with Crippen LogP contribution in [0.4, 0.5) is 10.5 Å². The molecule has 1 fully saturated rings. The highest BCUT2D eigenvalue weighted by Gasteiger charge is 2.36. The lowest BCUT2D eigenvalue weighted by atomic mass is 10.2. The minimum atomic E-state index is -0.222. The van der Waals surface area contributed by atoms with Crippen LogP contribution in [0.2, 0.25) is 0 Å². The summed E-state index contributed by atoms with van der Waals surface area (Å²) in [5, 5.41) is -0.209. The molecule has 0 aliphatic carbocycles. The number of nitrogens with zero attached hydrogens (tertiary/aromatic N) is 3. The lowest BCUT2D eigenvalue weighted by molar-refractivity contribution is -0.123. The predicted molar refractivity (Wildman–Crippen MR) is 103 cm³/mol. The zero-order valence-electron chi connectivity index (χ0n) is 14.8. The number of hydrogen-bond acceptors (Lipinski definition) is 4. The van der Waals surface area contributed by atoms with E-state index in [1.54, 1.807) is 6.08 Å². The van der Waals surface area contributed by atoms with E-state index < -0.39 is 0 Å². The third-order valence-corrected chi connectivity index (χ3v) is 4.93. The van der Waals surface area contributed by atoms with Gasteiger partial charge in [0.15, 0.2) is 0 Å². The fraction of sp³-hybridized carbons (Fsp3) is 0.263. The van der Waals surface area contributed by atoms with Gasteiger partial charge in [0, 0.05) is 43.4 Å². The summed E-state index contributed by atoms with van der Waals surface area (Å²) in [6, 6.07) is 11.9. The van der Waals surface area contributed by atoms with Gasteiger partial charge in [-0.3, -0.25) is 14.5 Å². The molecule has 130 valence electrons.